The second-order valence-corrected chi connectivity index (χ2v) is 8.97. The Labute approximate surface area is 187 Å². The number of aromatic nitrogens is 2. The van der Waals surface area contributed by atoms with Crippen LogP contribution in [0.15, 0.2) is 42.5 Å². The Hall–Kier alpha value is -2.41. The first-order chi connectivity index (χ1) is 15.1. The van der Waals surface area contributed by atoms with Gasteiger partial charge >= 0.3 is 0 Å². The number of nitrogens with zero attached hydrogens (tertiary/aromatic N) is 4. The Bertz CT molecular complexity index is 1080. The van der Waals surface area contributed by atoms with Crippen LogP contribution in [0, 0.1) is 0 Å². The Morgan fingerprint density at radius 2 is 1.65 bits per heavy atom. The molecule has 0 amide bonds. The highest BCUT2D eigenvalue weighted by Crippen LogP contribution is 2.34. The maximum Gasteiger partial charge on any atom is 0.165 e. The van der Waals surface area contributed by atoms with E-state index in [0.29, 0.717) is 22.5 Å². The van der Waals surface area contributed by atoms with E-state index >= 15 is 0 Å². The number of fused-ring (bicyclic) bond motifs is 1. The van der Waals surface area contributed by atoms with Gasteiger partial charge < -0.3 is 20.0 Å². The van der Waals surface area contributed by atoms with E-state index in [1.54, 1.807) is 12.1 Å². The summed E-state index contributed by atoms with van der Waals surface area (Å²) in [5.41, 5.74) is 1.40. The second-order valence-electron chi connectivity index (χ2n) is 8.53. The van der Waals surface area contributed by atoms with Gasteiger partial charge in [-0.2, -0.15) is 0 Å². The monoisotopic (exact) mass is 438 g/mol. The first-order valence-electron chi connectivity index (χ1n) is 11.0. The normalized spacial score (nSPS) is 19.2. The average molecular weight is 439 g/mol. The van der Waals surface area contributed by atoms with Gasteiger partial charge in [-0.15, -0.1) is 0 Å². The number of likely N-dealkylation sites (tertiary alicyclic amines) is 1. The minimum Gasteiger partial charge on any atom is -0.507 e. The number of piperidine rings is 2. The fourth-order valence-electron chi connectivity index (χ4n) is 4.80. The van der Waals surface area contributed by atoms with E-state index < -0.39 is 0 Å². The van der Waals surface area contributed by atoms with Crippen LogP contribution in [0.4, 0.5) is 5.82 Å². The Morgan fingerprint density at radius 1 is 0.903 bits per heavy atom. The van der Waals surface area contributed by atoms with Crippen LogP contribution >= 0.6 is 11.6 Å². The van der Waals surface area contributed by atoms with Crippen molar-refractivity contribution in [2.24, 2.45) is 0 Å². The van der Waals surface area contributed by atoms with Crippen molar-refractivity contribution in [3.8, 4) is 17.1 Å². The Balaban J connectivity index is 1.45. The van der Waals surface area contributed by atoms with Crippen LogP contribution in [0.5, 0.6) is 5.75 Å². The first kappa shape index (κ1) is 20.5. The van der Waals surface area contributed by atoms with Gasteiger partial charge in [0.15, 0.2) is 5.82 Å². The SMILES string of the molecule is Oc1ccccc1-c1nc(N2CCC(N3CCC(O)CC3)CC2)c2ccc(Cl)cc2n1. The predicted octanol–water partition coefficient (Wildman–Crippen LogP) is 4.08. The average Bonchev–Trinajstić information content (AvgIpc) is 2.79. The first-order valence-corrected chi connectivity index (χ1v) is 11.4. The molecule has 0 radical (unpaired) electrons. The summed E-state index contributed by atoms with van der Waals surface area (Å²) >= 11 is 6.26. The Morgan fingerprint density at radius 3 is 2.39 bits per heavy atom. The summed E-state index contributed by atoms with van der Waals surface area (Å²) in [4.78, 5) is 14.5. The summed E-state index contributed by atoms with van der Waals surface area (Å²) in [7, 11) is 0. The third-order valence-electron chi connectivity index (χ3n) is 6.56. The number of aliphatic hydroxyl groups excluding tert-OH is 1. The molecule has 2 fully saturated rings. The van der Waals surface area contributed by atoms with Crippen molar-refractivity contribution in [3.63, 3.8) is 0 Å². The topological polar surface area (TPSA) is 72.7 Å². The number of aliphatic hydroxyl groups is 1. The number of phenolic OH excluding ortho intramolecular Hbond substituents is 1. The molecule has 0 atom stereocenters. The smallest absolute Gasteiger partial charge is 0.165 e. The molecule has 0 saturated carbocycles. The molecule has 1 aromatic heterocycles. The van der Waals surface area contributed by atoms with Crippen molar-refractivity contribution in [2.45, 2.75) is 37.8 Å². The molecule has 0 spiro atoms. The lowest BCUT2D eigenvalue weighted by molar-refractivity contribution is 0.0542. The van der Waals surface area contributed by atoms with E-state index in [-0.39, 0.29) is 11.9 Å². The van der Waals surface area contributed by atoms with Crippen molar-refractivity contribution in [2.75, 3.05) is 31.1 Å². The second kappa shape index (κ2) is 8.61. The highest BCUT2D eigenvalue weighted by Gasteiger charge is 2.29. The molecular weight excluding hydrogens is 412 g/mol. The van der Waals surface area contributed by atoms with E-state index in [2.05, 4.69) is 9.80 Å². The Kier molecular flexibility index (Phi) is 5.69. The number of aromatic hydroxyl groups is 1. The molecular formula is C24H27ClN4O2. The van der Waals surface area contributed by atoms with Gasteiger partial charge in [-0.25, -0.2) is 9.97 Å². The predicted molar refractivity (Wildman–Crippen MR) is 124 cm³/mol. The van der Waals surface area contributed by atoms with Crippen LogP contribution in [0.2, 0.25) is 5.02 Å². The standard InChI is InChI=1S/C24H27ClN4O2/c25-16-5-6-19-21(15-16)26-23(20-3-1-2-4-22(20)31)27-24(19)29-11-7-17(8-12-29)28-13-9-18(30)10-14-28/h1-6,15,17-18,30-31H,7-14H2. The molecule has 2 N–H and O–H groups in total. The third-order valence-corrected chi connectivity index (χ3v) is 6.80. The third kappa shape index (κ3) is 4.20. The molecule has 162 valence electrons. The molecule has 0 bridgehead atoms. The summed E-state index contributed by atoms with van der Waals surface area (Å²) < 4.78 is 0. The van der Waals surface area contributed by atoms with Gasteiger partial charge in [-0.05, 0) is 56.0 Å². The number of halogens is 1. The minimum atomic E-state index is -0.136. The van der Waals surface area contributed by atoms with Gasteiger partial charge in [-0.1, -0.05) is 23.7 Å². The molecule has 7 heteroatoms. The highest BCUT2D eigenvalue weighted by atomic mass is 35.5. The number of benzene rings is 2. The summed E-state index contributed by atoms with van der Waals surface area (Å²) in [5, 5.41) is 21.8. The molecule has 0 unspecified atom stereocenters. The fraction of sp³-hybridized carbons (Fsp3) is 0.417. The number of rotatable bonds is 3. The van der Waals surface area contributed by atoms with E-state index in [1.807, 2.05) is 30.3 Å². The summed E-state index contributed by atoms with van der Waals surface area (Å²) in [6.45, 7) is 3.80. The van der Waals surface area contributed by atoms with Gasteiger partial charge in [0.25, 0.3) is 0 Å². The van der Waals surface area contributed by atoms with E-state index in [0.717, 1.165) is 68.6 Å². The van der Waals surface area contributed by atoms with Crippen LogP contribution in [-0.2, 0) is 0 Å². The number of hydrogen-bond acceptors (Lipinski definition) is 6. The molecule has 2 aliphatic heterocycles. The lowest BCUT2D eigenvalue weighted by Gasteiger charge is -2.41. The van der Waals surface area contributed by atoms with E-state index in [1.165, 1.54) is 0 Å². The molecule has 2 aromatic carbocycles. The van der Waals surface area contributed by atoms with Gasteiger partial charge in [0.1, 0.15) is 11.6 Å². The van der Waals surface area contributed by atoms with Gasteiger partial charge in [0.05, 0.1) is 17.2 Å². The lowest BCUT2D eigenvalue weighted by Crippen LogP contribution is -2.48. The maximum absolute atomic E-state index is 10.3. The molecule has 2 saturated heterocycles. The van der Waals surface area contributed by atoms with Crippen molar-refractivity contribution in [1.29, 1.82) is 0 Å². The lowest BCUT2D eigenvalue weighted by atomic mass is 9.98. The van der Waals surface area contributed by atoms with Crippen molar-refractivity contribution in [1.82, 2.24) is 14.9 Å². The van der Waals surface area contributed by atoms with Gasteiger partial charge in [-0.3, -0.25) is 0 Å². The van der Waals surface area contributed by atoms with Crippen LogP contribution in [0.25, 0.3) is 22.3 Å². The van der Waals surface area contributed by atoms with Gasteiger partial charge in [0, 0.05) is 42.6 Å². The van der Waals surface area contributed by atoms with Crippen molar-refractivity contribution in [3.05, 3.63) is 47.5 Å². The quantitative estimate of drug-likeness (QED) is 0.642. The van der Waals surface area contributed by atoms with E-state index in [4.69, 9.17) is 21.6 Å². The number of para-hydroxylation sites is 1. The zero-order chi connectivity index (χ0) is 21.4. The summed E-state index contributed by atoms with van der Waals surface area (Å²) in [6, 6.07) is 13.4. The maximum atomic E-state index is 10.3. The van der Waals surface area contributed by atoms with Crippen LogP contribution in [0.3, 0.4) is 0 Å². The molecule has 0 aliphatic carbocycles. The van der Waals surface area contributed by atoms with Crippen molar-refractivity contribution < 1.29 is 10.2 Å². The number of anilines is 1. The summed E-state index contributed by atoms with van der Waals surface area (Å²) in [5.74, 6) is 1.57. The minimum absolute atomic E-state index is 0.136. The zero-order valence-corrected chi connectivity index (χ0v) is 18.2. The van der Waals surface area contributed by atoms with Crippen LogP contribution < -0.4 is 4.90 Å². The largest absolute Gasteiger partial charge is 0.507 e. The zero-order valence-electron chi connectivity index (χ0n) is 17.4. The van der Waals surface area contributed by atoms with Crippen LogP contribution in [-0.4, -0.2) is 63.4 Å². The molecule has 31 heavy (non-hydrogen) atoms. The highest BCUT2D eigenvalue weighted by molar-refractivity contribution is 6.31. The van der Waals surface area contributed by atoms with Crippen LogP contribution in [0.1, 0.15) is 25.7 Å². The number of phenols is 1. The van der Waals surface area contributed by atoms with Crippen molar-refractivity contribution >= 4 is 28.3 Å². The summed E-state index contributed by atoms with van der Waals surface area (Å²) in [6.07, 6.45) is 3.76. The molecule has 5 rings (SSSR count). The van der Waals surface area contributed by atoms with Gasteiger partial charge in [0.2, 0.25) is 0 Å². The fourth-order valence-corrected chi connectivity index (χ4v) is 4.97. The molecule has 2 aliphatic rings. The molecule has 6 nitrogen and oxygen atoms in total. The molecule has 3 heterocycles. The van der Waals surface area contributed by atoms with E-state index in [9.17, 15) is 10.2 Å². The molecule has 3 aromatic rings. The number of hydrogen-bond donors (Lipinski definition) is 2.